The van der Waals surface area contributed by atoms with Gasteiger partial charge in [0.2, 0.25) is 0 Å². The first-order valence-electron chi connectivity index (χ1n) is 11.6. The molecule has 2 heterocycles. The van der Waals surface area contributed by atoms with Crippen molar-refractivity contribution in [3.8, 4) is 22.5 Å². The molecule has 3 heteroatoms. The van der Waals surface area contributed by atoms with Crippen LogP contribution in [-0.4, -0.2) is 9.97 Å². The Morgan fingerprint density at radius 1 is 0.429 bits per heavy atom. The van der Waals surface area contributed by atoms with Gasteiger partial charge in [-0.15, -0.1) is 0 Å². The highest BCUT2D eigenvalue weighted by atomic mass is 35.5. The molecule has 0 N–H and O–H groups in total. The molecule has 0 fully saturated rings. The van der Waals surface area contributed by atoms with Gasteiger partial charge in [-0.2, -0.15) is 0 Å². The second-order valence-corrected chi connectivity index (χ2v) is 9.18. The predicted octanol–water partition coefficient (Wildman–Crippen LogP) is 9.08. The van der Waals surface area contributed by atoms with E-state index >= 15 is 0 Å². The Bertz CT molecular complexity index is 1910. The molecule has 0 saturated heterocycles. The Labute approximate surface area is 207 Å². The van der Waals surface area contributed by atoms with E-state index in [1.165, 1.54) is 16.2 Å². The molecule has 0 bridgehead atoms. The number of fused-ring (bicyclic) bond motifs is 5. The van der Waals surface area contributed by atoms with Crippen LogP contribution in [-0.2, 0) is 0 Å². The minimum Gasteiger partial charge on any atom is -0.245 e. The number of benzene rings is 5. The van der Waals surface area contributed by atoms with E-state index in [0.717, 1.165) is 49.7 Å². The van der Waals surface area contributed by atoms with Crippen LogP contribution in [0.1, 0.15) is 0 Å². The Hall–Kier alpha value is -4.27. The van der Waals surface area contributed by atoms with E-state index < -0.39 is 0 Å². The molecule has 0 spiro atoms. The zero-order valence-electron chi connectivity index (χ0n) is 18.7. The minimum atomic E-state index is 0.678. The smallest absolute Gasteiger partial charge is 0.0987 e. The predicted molar refractivity (Wildman–Crippen MR) is 148 cm³/mol. The summed E-state index contributed by atoms with van der Waals surface area (Å²) in [4.78, 5) is 10.3. The molecule has 0 radical (unpaired) electrons. The third kappa shape index (κ3) is 3.26. The highest BCUT2D eigenvalue weighted by molar-refractivity contribution is 6.36. The summed E-state index contributed by atoms with van der Waals surface area (Å²) in [6.07, 6.45) is 0. The largest absolute Gasteiger partial charge is 0.245 e. The van der Waals surface area contributed by atoms with Crippen LogP contribution in [0, 0.1) is 0 Å². The highest BCUT2D eigenvalue weighted by Gasteiger charge is 2.14. The van der Waals surface area contributed by atoms with Gasteiger partial charge in [0, 0.05) is 21.9 Å². The lowest BCUT2D eigenvalue weighted by atomic mass is 10.00. The molecule has 35 heavy (non-hydrogen) atoms. The molecule has 5 aromatic carbocycles. The van der Waals surface area contributed by atoms with Gasteiger partial charge in [0.25, 0.3) is 0 Å². The van der Waals surface area contributed by atoms with Gasteiger partial charge in [0.05, 0.1) is 27.4 Å². The number of nitrogens with zero attached hydrogens (tertiary/aromatic N) is 2. The maximum atomic E-state index is 6.83. The fourth-order valence-corrected chi connectivity index (χ4v) is 5.27. The monoisotopic (exact) mass is 466 g/mol. The number of rotatable bonds is 2. The average Bonchev–Trinajstić information content (AvgIpc) is 2.92. The lowest BCUT2D eigenvalue weighted by Gasteiger charge is -2.12. The molecule has 0 amide bonds. The Balaban J connectivity index is 1.51. The van der Waals surface area contributed by atoms with Crippen LogP contribution < -0.4 is 0 Å². The van der Waals surface area contributed by atoms with Crippen LogP contribution in [0.4, 0.5) is 0 Å². The number of aromatic nitrogens is 2. The molecule has 0 saturated carbocycles. The van der Waals surface area contributed by atoms with Gasteiger partial charge in [-0.25, -0.2) is 9.97 Å². The molecule has 7 rings (SSSR count). The van der Waals surface area contributed by atoms with Crippen LogP contribution in [0.25, 0.3) is 65.9 Å². The normalized spacial score (nSPS) is 11.6. The van der Waals surface area contributed by atoms with Crippen molar-refractivity contribution in [2.75, 3.05) is 0 Å². The molecular formula is C32H19ClN2. The third-order valence-electron chi connectivity index (χ3n) is 6.72. The van der Waals surface area contributed by atoms with Crippen molar-refractivity contribution in [3.63, 3.8) is 0 Å². The lowest BCUT2D eigenvalue weighted by Crippen LogP contribution is -1.93. The van der Waals surface area contributed by atoms with Gasteiger partial charge >= 0.3 is 0 Å². The minimum absolute atomic E-state index is 0.678. The van der Waals surface area contributed by atoms with Crippen LogP contribution in [0.2, 0.25) is 5.02 Å². The topological polar surface area (TPSA) is 25.8 Å². The molecule has 0 aliphatic rings. The summed E-state index contributed by atoms with van der Waals surface area (Å²) in [6.45, 7) is 0. The van der Waals surface area contributed by atoms with Crippen molar-refractivity contribution in [1.82, 2.24) is 9.97 Å². The molecule has 0 unspecified atom stereocenters. The molecule has 0 aliphatic carbocycles. The average molecular weight is 467 g/mol. The summed E-state index contributed by atoms with van der Waals surface area (Å²) < 4.78 is 0. The van der Waals surface area contributed by atoms with Crippen LogP contribution >= 0.6 is 11.6 Å². The first-order valence-corrected chi connectivity index (χ1v) is 12.0. The standard InChI is InChI=1S/C32H19ClN2/c33-28-19-30(26-14-6-10-21-8-2-4-12-24(21)26)35-32-27(28)17-15-22-16-18-29(34-31(22)32)25-13-5-9-20-7-1-3-11-23(20)25/h1-19H. The molecule has 2 nitrogen and oxygen atoms in total. The zero-order chi connectivity index (χ0) is 23.4. The van der Waals surface area contributed by atoms with Crippen molar-refractivity contribution in [2.24, 2.45) is 0 Å². The number of halogens is 1. The summed E-state index contributed by atoms with van der Waals surface area (Å²) in [5.74, 6) is 0. The Morgan fingerprint density at radius 3 is 1.71 bits per heavy atom. The van der Waals surface area contributed by atoms with E-state index in [2.05, 4.69) is 103 Å². The van der Waals surface area contributed by atoms with Crippen molar-refractivity contribution < 1.29 is 0 Å². The SMILES string of the molecule is Clc1cc(-c2cccc3ccccc23)nc2c1ccc1ccc(-c3cccc4ccccc34)nc12. The summed E-state index contributed by atoms with van der Waals surface area (Å²) in [7, 11) is 0. The fourth-order valence-electron chi connectivity index (χ4n) is 5.02. The Kier molecular flexibility index (Phi) is 4.54. The lowest BCUT2D eigenvalue weighted by molar-refractivity contribution is 1.37. The van der Waals surface area contributed by atoms with Gasteiger partial charge in [-0.1, -0.05) is 115 Å². The van der Waals surface area contributed by atoms with Gasteiger partial charge < -0.3 is 0 Å². The molecule has 7 aromatic rings. The van der Waals surface area contributed by atoms with Crippen molar-refractivity contribution in [1.29, 1.82) is 0 Å². The van der Waals surface area contributed by atoms with Crippen molar-refractivity contribution in [2.45, 2.75) is 0 Å². The highest BCUT2D eigenvalue weighted by Crippen LogP contribution is 2.36. The van der Waals surface area contributed by atoms with E-state index in [4.69, 9.17) is 21.6 Å². The van der Waals surface area contributed by atoms with Gasteiger partial charge in [0.15, 0.2) is 0 Å². The maximum Gasteiger partial charge on any atom is 0.0987 e. The quantitative estimate of drug-likeness (QED) is 0.237. The first kappa shape index (κ1) is 20.1. The van der Waals surface area contributed by atoms with E-state index in [-0.39, 0.29) is 0 Å². The number of hydrogen-bond donors (Lipinski definition) is 0. The van der Waals surface area contributed by atoms with E-state index in [0.29, 0.717) is 5.02 Å². The van der Waals surface area contributed by atoms with Gasteiger partial charge in [-0.05, 0) is 33.7 Å². The van der Waals surface area contributed by atoms with Crippen LogP contribution in [0.15, 0.2) is 115 Å². The van der Waals surface area contributed by atoms with Gasteiger partial charge in [-0.3, -0.25) is 0 Å². The molecule has 164 valence electrons. The summed E-state index contributed by atoms with van der Waals surface area (Å²) in [5, 5.41) is 7.34. The van der Waals surface area contributed by atoms with E-state index in [1.807, 2.05) is 12.1 Å². The number of hydrogen-bond acceptors (Lipinski definition) is 2. The van der Waals surface area contributed by atoms with Crippen molar-refractivity contribution >= 4 is 55.0 Å². The maximum absolute atomic E-state index is 6.83. The number of pyridine rings is 2. The second-order valence-electron chi connectivity index (χ2n) is 8.77. The van der Waals surface area contributed by atoms with Crippen LogP contribution in [0.3, 0.4) is 0 Å². The van der Waals surface area contributed by atoms with E-state index in [1.54, 1.807) is 0 Å². The molecule has 0 aliphatic heterocycles. The third-order valence-corrected chi connectivity index (χ3v) is 7.03. The van der Waals surface area contributed by atoms with E-state index in [9.17, 15) is 0 Å². The molecule has 0 atom stereocenters. The van der Waals surface area contributed by atoms with Crippen molar-refractivity contribution in [3.05, 3.63) is 120 Å². The van der Waals surface area contributed by atoms with Gasteiger partial charge in [0.1, 0.15) is 0 Å². The second kappa shape index (κ2) is 7.90. The fraction of sp³-hybridized carbons (Fsp3) is 0. The Morgan fingerprint density at radius 2 is 1.00 bits per heavy atom. The first-order chi connectivity index (χ1) is 17.3. The summed E-state index contributed by atoms with van der Waals surface area (Å²) in [6, 6.07) is 39.7. The summed E-state index contributed by atoms with van der Waals surface area (Å²) >= 11 is 6.83. The molecular weight excluding hydrogens is 448 g/mol. The molecule has 2 aromatic heterocycles. The summed E-state index contributed by atoms with van der Waals surface area (Å²) in [5.41, 5.74) is 5.63. The zero-order valence-corrected chi connectivity index (χ0v) is 19.5. The van der Waals surface area contributed by atoms with Crippen LogP contribution in [0.5, 0.6) is 0 Å².